The van der Waals surface area contributed by atoms with Gasteiger partial charge in [-0.25, -0.2) is 24.4 Å². The average Bonchev–Trinajstić information content (AvgIpc) is 3.84. The fraction of sp³-hybridized carbons (Fsp3) is 0.500. The van der Waals surface area contributed by atoms with Gasteiger partial charge in [-0.05, 0) is 81.4 Å². The fourth-order valence-corrected chi connectivity index (χ4v) is 9.61. The number of nitrogens with one attached hydrogen (secondary N) is 3. The minimum atomic E-state index is -1.62. The third-order valence-electron chi connectivity index (χ3n) is 12.2. The Morgan fingerprint density at radius 3 is 2.45 bits per heavy atom. The van der Waals surface area contributed by atoms with Crippen molar-refractivity contribution in [3.63, 3.8) is 0 Å². The Labute approximate surface area is 363 Å². The lowest BCUT2D eigenvalue weighted by atomic mass is 9.43. The van der Waals surface area contributed by atoms with Gasteiger partial charge in [0.2, 0.25) is 5.91 Å². The van der Waals surface area contributed by atoms with Crippen LogP contribution >= 0.6 is 11.3 Å². The predicted octanol–water partition coefficient (Wildman–Crippen LogP) is 4.66. The van der Waals surface area contributed by atoms with Crippen molar-refractivity contribution in [3.05, 3.63) is 76.3 Å². The molecule has 6 atom stereocenters. The number of benzene rings is 2. The molecule has 5 aliphatic rings. The summed E-state index contributed by atoms with van der Waals surface area (Å²) in [5.41, 5.74) is -0.0703. The molecule has 2 aliphatic heterocycles. The van der Waals surface area contributed by atoms with Crippen LogP contribution in [0, 0.1) is 17.3 Å². The number of imide groups is 1. The summed E-state index contributed by atoms with van der Waals surface area (Å²) in [6.45, 7) is 11.0. The smallest absolute Gasteiger partial charge is 0.482 e. The van der Waals surface area contributed by atoms with Gasteiger partial charge in [0.15, 0.2) is 11.2 Å². The van der Waals surface area contributed by atoms with E-state index in [1.807, 2.05) is 13.0 Å². The van der Waals surface area contributed by atoms with Crippen LogP contribution in [0.15, 0.2) is 53.9 Å². The number of piperazine rings is 1. The number of esters is 1. The topological polar surface area (TPSA) is 224 Å². The van der Waals surface area contributed by atoms with Gasteiger partial charge in [-0.1, -0.05) is 56.3 Å². The van der Waals surface area contributed by atoms with Gasteiger partial charge in [-0.15, -0.1) is 11.3 Å². The molecule has 20 heteroatoms. The molecule has 0 radical (unpaired) electrons. The zero-order chi connectivity index (χ0) is 44.7. The molecule has 2 aromatic carbocycles. The fourth-order valence-electron chi connectivity index (χ4n) is 8.89. The molecule has 18 nitrogen and oxygen atoms in total. The molecular formula is C42H51BN6O12S. The lowest BCUT2D eigenvalue weighted by molar-refractivity contribution is -0.199. The molecule has 3 heterocycles. The molecule has 6 amide bonds. The third kappa shape index (κ3) is 9.00. The van der Waals surface area contributed by atoms with Gasteiger partial charge in [0.25, 0.3) is 0 Å². The maximum atomic E-state index is 14.8. The molecule has 2 unspecified atom stereocenters. The predicted molar refractivity (Wildman–Crippen MR) is 223 cm³/mol. The number of ether oxygens (including phenoxy) is 3. The molecule has 5 fully saturated rings. The summed E-state index contributed by atoms with van der Waals surface area (Å²) in [6.07, 6.45) is 0.638. The molecule has 2 saturated heterocycles. The minimum absolute atomic E-state index is 0.00719. The summed E-state index contributed by atoms with van der Waals surface area (Å²) in [7, 11) is 0.409. The first-order valence-corrected chi connectivity index (χ1v) is 21.3. The summed E-state index contributed by atoms with van der Waals surface area (Å²) in [5.74, 6) is -4.21. The highest BCUT2D eigenvalue weighted by Gasteiger charge is 2.68. The summed E-state index contributed by atoms with van der Waals surface area (Å²) in [6, 6.07) is 11.3. The number of rotatable bonds is 12. The van der Waals surface area contributed by atoms with Crippen LogP contribution in [-0.4, -0.2) is 107 Å². The molecule has 330 valence electrons. The van der Waals surface area contributed by atoms with Gasteiger partial charge in [-0.2, -0.15) is 0 Å². The van der Waals surface area contributed by atoms with Crippen LogP contribution < -0.4 is 20.7 Å². The first-order chi connectivity index (χ1) is 29.3. The van der Waals surface area contributed by atoms with E-state index in [1.165, 1.54) is 12.5 Å². The van der Waals surface area contributed by atoms with Crippen molar-refractivity contribution in [2.75, 3.05) is 25.5 Å². The molecule has 2 bridgehead atoms. The zero-order valence-corrected chi connectivity index (χ0v) is 36.4. The van der Waals surface area contributed by atoms with E-state index in [-0.39, 0.29) is 70.8 Å². The number of hydrogen-bond donors (Lipinski definition) is 4. The molecule has 3 aliphatic carbocycles. The van der Waals surface area contributed by atoms with Crippen LogP contribution in [-0.2, 0) is 46.2 Å². The number of nitrogens with zero attached hydrogens (tertiary/aromatic N) is 3. The Balaban J connectivity index is 1.19. The first-order valence-electron chi connectivity index (χ1n) is 20.4. The number of carbonyl (C=O) groups excluding carboxylic acids is 6. The van der Waals surface area contributed by atoms with Crippen molar-refractivity contribution in [1.29, 1.82) is 0 Å². The Morgan fingerprint density at radius 1 is 1.02 bits per heavy atom. The van der Waals surface area contributed by atoms with Gasteiger partial charge in [-0.3, -0.25) is 29.8 Å². The Kier molecular flexibility index (Phi) is 12.4. The lowest BCUT2D eigenvalue weighted by Crippen LogP contribution is -2.65. The van der Waals surface area contributed by atoms with E-state index in [2.05, 4.69) is 34.8 Å². The number of methoxy groups -OCH3 is 1. The summed E-state index contributed by atoms with van der Waals surface area (Å²) in [4.78, 5) is 84.7. The number of hydroxylamine groups is 2. The highest BCUT2D eigenvalue weighted by Crippen LogP contribution is 2.65. The highest BCUT2D eigenvalue weighted by molar-refractivity contribution is 7.13. The molecule has 4 N–H and O–H groups in total. The van der Waals surface area contributed by atoms with Crippen molar-refractivity contribution >= 4 is 59.4 Å². The number of para-hydroxylation sites is 1. The van der Waals surface area contributed by atoms with Crippen LogP contribution in [0.1, 0.15) is 87.6 Å². The molecule has 8 rings (SSSR count). The van der Waals surface area contributed by atoms with E-state index in [4.69, 9.17) is 23.5 Å². The van der Waals surface area contributed by atoms with Crippen LogP contribution in [0.3, 0.4) is 0 Å². The lowest BCUT2D eigenvalue weighted by Gasteiger charge is -2.64. The largest absolute Gasteiger partial charge is 0.496 e. The van der Waals surface area contributed by atoms with E-state index >= 15 is 0 Å². The normalized spacial score (nSPS) is 23.7. The summed E-state index contributed by atoms with van der Waals surface area (Å²) in [5, 5.41) is 19.5. The van der Waals surface area contributed by atoms with Gasteiger partial charge >= 0.3 is 37.0 Å². The van der Waals surface area contributed by atoms with E-state index < -0.39 is 66.1 Å². The second kappa shape index (κ2) is 17.3. The van der Waals surface area contributed by atoms with Crippen molar-refractivity contribution in [2.24, 2.45) is 17.3 Å². The number of hydrogen-bond acceptors (Lipinski definition) is 14. The van der Waals surface area contributed by atoms with Crippen molar-refractivity contribution in [1.82, 2.24) is 25.6 Å². The number of aromatic nitrogens is 1. The Bertz CT molecular complexity index is 2240. The average molecular weight is 875 g/mol. The first kappa shape index (κ1) is 44.5. The standard InChI is InChI=1S/C42H51BN6O12S/c1-40(2,3)59-36(53)26-15-11-14-24(32(26)57-7)18-30(43-60-29-20-25-19-28(41(25,4)5)42(29,6)61-43)45-33(50)31(46-38(54)48-16-17-49(56)35(52)34(48)51)27-22-62-37(44-27)47-39(55)58-21-23-12-9-8-10-13-23/h8-15,22,25,28-31,56H,16-21H2,1-7H3,(H,45,50)(H,46,54)(H,44,47,55)/t25-,28+,29?,30+,31?,42+/m1/s1. The highest BCUT2D eigenvalue weighted by atomic mass is 32.1. The van der Waals surface area contributed by atoms with Crippen molar-refractivity contribution in [2.45, 2.75) is 96.7 Å². The van der Waals surface area contributed by atoms with Gasteiger partial charge in [0, 0.05) is 5.38 Å². The molecule has 0 spiro atoms. The molecule has 1 aromatic heterocycles. The number of carbonyl (C=O) groups is 6. The van der Waals surface area contributed by atoms with Crippen LogP contribution in [0.25, 0.3) is 0 Å². The van der Waals surface area contributed by atoms with Crippen LogP contribution in [0.5, 0.6) is 5.75 Å². The van der Waals surface area contributed by atoms with Crippen LogP contribution in [0.4, 0.5) is 14.7 Å². The summed E-state index contributed by atoms with van der Waals surface area (Å²) < 4.78 is 30.3. The Hall–Kier alpha value is -5.57. The zero-order valence-electron chi connectivity index (χ0n) is 35.6. The van der Waals surface area contributed by atoms with E-state index in [0.717, 1.165) is 29.7 Å². The van der Waals surface area contributed by atoms with E-state index in [9.17, 15) is 34.0 Å². The van der Waals surface area contributed by atoms with Gasteiger partial charge < -0.3 is 34.2 Å². The third-order valence-corrected chi connectivity index (χ3v) is 13.0. The van der Waals surface area contributed by atoms with Crippen molar-refractivity contribution in [3.8, 4) is 5.75 Å². The van der Waals surface area contributed by atoms with Crippen molar-refractivity contribution < 1.29 is 57.5 Å². The molecule has 3 saturated carbocycles. The number of amides is 6. The molecule has 62 heavy (non-hydrogen) atoms. The quantitative estimate of drug-likeness (QED) is 0.0842. The SMILES string of the molecule is COc1c(C[C@H](NC(=O)C(NC(=O)N2CCN(O)C(=O)C2=O)c2csc(NC(=O)OCc3ccccc3)n2)B2OC3C[C@H]4C[C@@H](C4(C)C)[C@]3(C)O2)cccc1C(=O)OC(C)(C)C. The number of urea groups is 1. The Morgan fingerprint density at radius 2 is 1.76 bits per heavy atom. The summed E-state index contributed by atoms with van der Waals surface area (Å²) >= 11 is 0.948. The second-order valence-corrected chi connectivity index (χ2v) is 18.5. The van der Waals surface area contributed by atoms with Gasteiger partial charge in [0.05, 0.1) is 43.5 Å². The molecule has 3 aromatic rings. The maximum Gasteiger partial charge on any atom is 0.482 e. The monoisotopic (exact) mass is 874 g/mol. The second-order valence-electron chi connectivity index (χ2n) is 17.7. The van der Waals surface area contributed by atoms with Gasteiger partial charge in [0.1, 0.15) is 23.5 Å². The number of anilines is 1. The number of thiazole rings is 1. The van der Waals surface area contributed by atoms with Crippen LogP contribution in [0.2, 0.25) is 0 Å². The molecular weight excluding hydrogens is 823 g/mol. The van der Waals surface area contributed by atoms with E-state index in [1.54, 1.807) is 63.2 Å². The minimum Gasteiger partial charge on any atom is -0.496 e. The maximum absolute atomic E-state index is 14.8. The van der Waals surface area contributed by atoms with E-state index in [0.29, 0.717) is 16.4 Å².